The van der Waals surface area contributed by atoms with Gasteiger partial charge in [-0.2, -0.15) is 0 Å². The van der Waals surface area contributed by atoms with Crippen LogP contribution in [0.1, 0.15) is 11.1 Å². The Hall–Kier alpha value is -3.98. The molecule has 0 aliphatic heterocycles. The Balaban J connectivity index is 1.56. The molecule has 9 heteroatoms. The maximum atomic E-state index is 13.1. The number of thiophene rings is 1. The number of fused-ring (bicyclic) bond motifs is 1. The van der Waals surface area contributed by atoms with Gasteiger partial charge in [0.15, 0.2) is 0 Å². The van der Waals surface area contributed by atoms with Crippen molar-refractivity contribution in [2.75, 3.05) is 5.32 Å². The third-order valence-electron chi connectivity index (χ3n) is 5.11. The van der Waals surface area contributed by atoms with Crippen LogP contribution in [-0.4, -0.2) is 20.9 Å². The summed E-state index contributed by atoms with van der Waals surface area (Å²) in [7, 11) is 0. The van der Waals surface area contributed by atoms with Crippen LogP contribution in [0.3, 0.4) is 0 Å². The molecule has 0 aliphatic carbocycles. The first-order chi connectivity index (χ1) is 15.9. The van der Waals surface area contributed by atoms with E-state index in [0.29, 0.717) is 15.9 Å². The minimum absolute atomic E-state index is 0.281. The lowest BCUT2D eigenvalue weighted by Gasteiger charge is -2.12. The number of aryl methyl sites for hydroxylation is 1. The Morgan fingerprint density at radius 2 is 1.58 bits per heavy atom. The molecule has 0 radical (unpaired) electrons. The molecule has 4 aromatic rings. The van der Waals surface area contributed by atoms with Crippen LogP contribution in [0.5, 0.6) is 0 Å². The second-order valence-electron chi connectivity index (χ2n) is 7.57. The highest BCUT2D eigenvalue weighted by atomic mass is 32.1. The average molecular weight is 463 g/mol. The van der Waals surface area contributed by atoms with Crippen LogP contribution >= 0.6 is 11.3 Å². The maximum Gasteiger partial charge on any atom is 0.332 e. The average Bonchev–Trinajstić information content (AvgIpc) is 3.30. The van der Waals surface area contributed by atoms with Crippen LogP contribution in [0.4, 0.5) is 5.69 Å². The topological polar surface area (TPSA) is 102 Å². The van der Waals surface area contributed by atoms with E-state index in [1.165, 1.54) is 4.57 Å². The number of para-hydroxylation sites is 1. The van der Waals surface area contributed by atoms with Crippen LogP contribution in [0.15, 0.2) is 75.6 Å². The molecule has 33 heavy (non-hydrogen) atoms. The van der Waals surface area contributed by atoms with Gasteiger partial charge in [-0.25, -0.2) is 9.36 Å². The molecule has 2 aromatic carbocycles. The van der Waals surface area contributed by atoms with E-state index in [-0.39, 0.29) is 13.1 Å². The van der Waals surface area contributed by atoms with Gasteiger partial charge in [0.1, 0.15) is 17.8 Å². The molecule has 2 amide bonds. The fourth-order valence-corrected chi connectivity index (χ4v) is 4.24. The predicted octanol–water partition coefficient (Wildman–Crippen LogP) is 2.49. The fourth-order valence-electron chi connectivity index (χ4n) is 3.40. The van der Waals surface area contributed by atoms with Crippen molar-refractivity contribution in [1.82, 2.24) is 14.5 Å². The third-order valence-corrected chi connectivity index (χ3v) is 6.00. The van der Waals surface area contributed by atoms with E-state index in [1.54, 1.807) is 35.7 Å². The van der Waals surface area contributed by atoms with Gasteiger partial charge in [0, 0.05) is 12.2 Å². The standard InChI is InChI=1S/C24H22N4O4S/c1-16-7-9-17(10-8-16)13-25-20(29)14-28-23(31)22-19(11-12-33-22)27(24(28)32)15-21(30)26-18-5-3-2-4-6-18/h2-12H,13-15H2,1H3,(H,25,29)(H,26,30). The number of nitrogens with zero attached hydrogens (tertiary/aromatic N) is 2. The van der Waals surface area contributed by atoms with Gasteiger partial charge in [0.2, 0.25) is 11.8 Å². The number of carbonyl (C=O) groups excluding carboxylic acids is 2. The quantitative estimate of drug-likeness (QED) is 0.441. The van der Waals surface area contributed by atoms with E-state index in [1.807, 2.05) is 37.3 Å². The van der Waals surface area contributed by atoms with Crippen LogP contribution in [0.25, 0.3) is 10.2 Å². The van der Waals surface area contributed by atoms with Crippen LogP contribution in [0.2, 0.25) is 0 Å². The van der Waals surface area contributed by atoms with E-state index in [9.17, 15) is 19.2 Å². The highest BCUT2D eigenvalue weighted by molar-refractivity contribution is 7.17. The molecule has 0 saturated heterocycles. The highest BCUT2D eigenvalue weighted by Crippen LogP contribution is 2.15. The van der Waals surface area contributed by atoms with Crippen molar-refractivity contribution >= 4 is 39.1 Å². The molecule has 0 atom stereocenters. The number of benzene rings is 2. The molecule has 2 heterocycles. The molecule has 2 N–H and O–H groups in total. The molecule has 0 unspecified atom stereocenters. The van der Waals surface area contributed by atoms with Gasteiger partial charge >= 0.3 is 5.69 Å². The first-order valence-corrected chi connectivity index (χ1v) is 11.2. The SMILES string of the molecule is Cc1ccc(CNC(=O)Cn2c(=O)c3sccc3n(CC(=O)Nc3ccccc3)c2=O)cc1. The molecule has 0 bridgehead atoms. The van der Waals surface area contributed by atoms with Gasteiger partial charge in [-0.05, 0) is 36.1 Å². The van der Waals surface area contributed by atoms with E-state index in [2.05, 4.69) is 10.6 Å². The summed E-state index contributed by atoms with van der Waals surface area (Å²) in [5, 5.41) is 7.14. The molecule has 0 spiro atoms. The normalized spacial score (nSPS) is 10.8. The second kappa shape index (κ2) is 9.66. The lowest BCUT2D eigenvalue weighted by Crippen LogP contribution is -2.44. The minimum atomic E-state index is -0.709. The van der Waals surface area contributed by atoms with E-state index < -0.39 is 29.6 Å². The third kappa shape index (κ3) is 5.09. The predicted molar refractivity (Wildman–Crippen MR) is 128 cm³/mol. The molecule has 0 saturated carbocycles. The summed E-state index contributed by atoms with van der Waals surface area (Å²) >= 11 is 1.16. The zero-order valence-electron chi connectivity index (χ0n) is 17.9. The summed E-state index contributed by atoms with van der Waals surface area (Å²) in [4.78, 5) is 51.1. The largest absolute Gasteiger partial charge is 0.350 e. The van der Waals surface area contributed by atoms with Crippen LogP contribution in [-0.2, 0) is 29.2 Å². The Labute approximate surface area is 193 Å². The minimum Gasteiger partial charge on any atom is -0.350 e. The summed E-state index contributed by atoms with van der Waals surface area (Å²) < 4.78 is 2.41. The summed E-state index contributed by atoms with van der Waals surface area (Å²) in [5.74, 6) is -0.879. The highest BCUT2D eigenvalue weighted by Gasteiger charge is 2.18. The maximum absolute atomic E-state index is 13.1. The Morgan fingerprint density at radius 1 is 0.879 bits per heavy atom. The lowest BCUT2D eigenvalue weighted by atomic mass is 10.1. The molecular weight excluding hydrogens is 440 g/mol. The van der Waals surface area contributed by atoms with Gasteiger partial charge in [0.05, 0.1) is 5.52 Å². The molecule has 0 fully saturated rings. The molecule has 0 aliphatic rings. The monoisotopic (exact) mass is 462 g/mol. The van der Waals surface area contributed by atoms with Gasteiger partial charge in [-0.3, -0.25) is 19.0 Å². The zero-order chi connectivity index (χ0) is 23.4. The smallest absolute Gasteiger partial charge is 0.332 e. The second-order valence-corrected chi connectivity index (χ2v) is 8.49. The number of aromatic nitrogens is 2. The number of hydrogen-bond acceptors (Lipinski definition) is 5. The van der Waals surface area contributed by atoms with Gasteiger partial charge < -0.3 is 10.6 Å². The van der Waals surface area contributed by atoms with Crippen molar-refractivity contribution < 1.29 is 9.59 Å². The van der Waals surface area contributed by atoms with Crippen LogP contribution in [0, 0.1) is 6.92 Å². The van der Waals surface area contributed by atoms with Crippen LogP contribution < -0.4 is 21.9 Å². The van der Waals surface area contributed by atoms with Crippen molar-refractivity contribution in [2.45, 2.75) is 26.6 Å². The summed E-state index contributed by atoms with van der Waals surface area (Å²) in [6.07, 6.45) is 0. The Bertz CT molecular complexity index is 1420. The Morgan fingerprint density at radius 3 is 2.30 bits per heavy atom. The summed E-state index contributed by atoms with van der Waals surface area (Å²) in [6.45, 7) is 1.54. The first-order valence-electron chi connectivity index (χ1n) is 10.3. The Kier molecular flexibility index (Phi) is 6.50. The number of amides is 2. The number of anilines is 1. The number of carbonyl (C=O) groups is 2. The van der Waals surface area contributed by atoms with E-state index in [4.69, 9.17) is 0 Å². The van der Waals surface area contributed by atoms with Crippen molar-refractivity contribution in [3.8, 4) is 0 Å². The molecule has 8 nitrogen and oxygen atoms in total. The number of nitrogens with one attached hydrogen (secondary N) is 2. The number of hydrogen-bond donors (Lipinski definition) is 2. The zero-order valence-corrected chi connectivity index (χ0v) is 18.7. The molecule has 4 rings (SSSR count). The number of rotatable bonds is 7. The fraction of sp³-hybridized carbons (Fsp3) is 0.167. The molecule has 2 aromatic heterocycles. The van der Waals surface area contributed by atoms with E-state index in [0.717, 1.165) is 27.0 Å². The lowest BCUT2D eigenvalue weighted by molar-refractivity contribution is -0.122. The van der Waals surface area contributed by atoms with Gasteiger partial charge in [-0.15, -0.1) is 11.3 Å². The summed E-state index contributed by atoms with van der Waals surface area (Å²) in [6, 6.07) is 18.2. The van der Waals surface area contributed by atoms with Gasteiger partial charge in [0.25, 0.3) is 5.56 Å². The summed E-state index contributed by atoms with van der Waals surface area (Å²) in [5.41, 5.74) is 1.73. The van der Waals surface area contributed by atoms with Crippen molar-refractivity contribution in [3.05, 3.63) is 98.0 Å². The molecular formula is C24H22N4O4S. The van der Waals surface area contributed by atoms with Crippen molar-refractivity contribution in [2.24, 2.45) is 0 Å². The van der Waals surface area contributed by atoms with Crippen molar-refractivity contribution in [3.63, 3.8) is 0 Å². The van der Waals surface area contributed by atoms with Crippen molar-refractivity contribution in [1.29, 1.82) is 0 Å². The molecule has 168 valence electrons. The first kappa shape index (κ1) is 22.2. The van der Waals surface area contributed by atoms with E-state index >= 15 is 0 Å². The van der Waals surface area contributed by atoms with Gasteiger partial charge in [-0.1, -0.05) is 48.0 Å².